The average molecular weight is 313 g/mol. The molecule has 1 atom stereocenters. The highest BCUT2D eigenvalue weighted by Gasteiger charge is 2.41. The van der Waals surface area contributed by atoms with Crippen molar-refractivity contribution in [1.29, 1.82) is 0 Å². The minimum atomic E-state index is -0.877. The van der Waals surface area contributed by atoms with Gasteiger partial charge in [-0.2, -0.15) is 0 Å². The predicted molar refractivity (Wildman–Crippen MR) is 96.8 cm³/mol. The van der Waals surface area contributed by atoms with Crippen LogP contribution in [0.25, 0.3) is 0 Å². The third kappa shape index (κ3) is 11.3. The molecule has 1 unspecified atom stereocenters. The molecule has 4 heteroatoms. The highest BCUT2D eigenvalue weighted by molar-refractivity contribution is 5.79. The molecule has 0 spiro atoms. The number of aliphatic carboxylic acids is 1. The molecule has 0 bridgehead atoms. The molecule has 0 aromatic carbocycles. The van der Waals surface area contributed by atoms with E-state index in [9.17, 15) is 9.59 Å². The largest absolute Gasteiger partial charge is 0.481 e. The molecule has 0 aromatic heterocycles. The van der Waals surface area contributed by atoms with Gasteiger partial charge in [-0.3, -0.25) is 9.59 Å². The first kappa shape index (κ1) is 42.7. The maximum Gasteiger partial charge on any atom is 0.311 e. The van der Waals surface area contributed by atoms with Gasteiger partial charge in [0.25, 0.3) is 0 Å². The van der Waals surface area contributed by atoms with Crippen LogP contribution in [-0.2, 0) is 14.3 Å². The molecule has 0 fully saturated rings. The molecular formula is C17H44O4. The van der Waals surface area contributed by atoms with E-state index in [0.29, 0.717) is 6.42 Å². The fourth-order valence-corrected chi connectivity index (χ4v) is 1.68. The van der Waals surface area contributed by atoms with Gasteiger partial charge in [-0.25, -0.2) is 0 Å². The SMILES string of the molecule is C.C.C.C.C.C.CCC(C)(CC(C)(C)C(=O)OC)C(=O)O. The third-order valence-corrected chi connectivity index (χ3v) is 2.87. The van der Waals surface area contributed by atoms with E-state index in [2.05, 4.69) is 4.74 Å². The first-order chi connectivity index (χ1) is 6.69. The smallest absolute Gasteiger partial charge is 0.311 e. The van der Waals surface area contributed by atoms with Crippen molar-refractivity contribution in [3.05, 3.63) is 0 Å². The van der Waals surface area contributed by atoms with Crippen LogP contribution in [0.1, 0.15) is 85.1 Å². The molecule has 1 N–H and O–H groups in total. The molecule has 0 saturated carbocycles. The van der Waals surface area contributed by atoms with Crippen LogP contribution >= 0.6 is 0 Å². The van der Waals surface area contributed by atoms with Crippen LogP contribution in [0.3, 0.4) is 0 Å². The van der Waals surface area contributed by atoms with Crippen molar-refractivity contribution in [1.82, 2.24) is 0 Å². The zero-order chi connectivity index (χ0) is 12.3. The van der Waals surface area contributed by atoms with Crippen LogP contribution < -0.4 is 0 Å². The van der Waals surface area contributed by atoms with Gasteiger partial charge in [0.2, 0.25) is 0 Å². The molecule has 0 aliphatic rings. The molecule has 0 amide bonds. The van der Waals surface area contributed by atoms with Crippen molar-refractivity contribution in [2.45, 2.75) is 85.1 Å². The van der Waals surface area contributed by atoms with Crippen molar-refractivity contribution >= 4 is 11.9 Å². The van der Waals surface area contributed by atoms with Crippen molar-refractivity contribution in [3.8, 4) is 0 Å². The molecule has 0 aliphatic carbocycles. The second kappa shape index (κ2) is 15.3. The summed E-state index contributed by atoms with van der Waals surface area (Å²) in [6.07, 6.45) is 0.765. The second-order valence-corrected chi connectivity index (χ2v) is 4.77. The van der Waals surface area contributed by atoms with E-state index in [1.54, 1.807) is 20.8 Å². The number of hydrogen-bond acceptors (Lipinski definition) is 3. The van der Waals surface area contributed by atoms with Crippen molar-refractivity contribution < 1.29 is 19.4 Å². The van der Waals surface area contributed by atoms with E-state index < -0.39 is 16.8 Å². The summed E-state index contributed by atoms with van der Waals surface area (Å²) in [5, 5.41) is 9.10. The summed E-state index contributed by atoms with van der Waals surface area (Å²) < 4.78 is 4.65. The van der Waals surface area contributed by atoms with E-state index in [4.69, 9.17) is 5.11 Å². The monoisotopic (exact) mass is 312 g/mol. The van der Waals surface area contributed by atoms with Crippen LogP contribution in [0, 0.1) is 10.8 Å². The highest BCUT2D eigenvalue weighted by atomic mass is 16.5. The van der Waals surface area contributed by atoms with Gasteiger partial charge in [0, 0.05) is 0 Å². The summed E-state index contributed by atoms with van der Waals surface area (Å²) in [4.78, 5) is 22.5. The maximum absolute atomic E-state index is 11.4. The van der Waals surface area contributed by atoms with Gasteiger partial charge in [-0.1, -0.05) is 51.5 Å². The Bertz CT molecular complexity index is 260. The Kier molecular flexibility index (Phi) is 31.2. The number of rotatable bonds is 5. The van der Waals surface area contributed by atoms with Crippen LogP contribution in [0.15, 0.2) is 0 Å². The molecule has 0 aliphatic heterocycles. The molecule has 0 saturated heterocycles. The molecule has 0 rings (SSSR count). The molecule has 0 heterocycles. The Morgan fingerprint density at radius 1 is 0.952 bits per heavy atom. The standard InChI is InChI=1S/C11H20O4.6CH4/c1-6-11(4,8(12)13)7-10(2,3)9(14)15-5;;;;;;/h6-7H2,1-5H3,(H,12,13);6*1H4. The Morgan fingerprint density at radius 2 is 1.29 bits per heavy atom. The van der Waals surface area contributed by atoms with Gasteiger partial charge in [0.1, 0.15) is 0 Å². The second-order valence-electron chi connectivity index (χ2n) is 4.77. The zero-order valence-electron chi connectivity index (χ0n) is 10.1. The summed E-state index contributed by atoms with van der Waals surface area (Å²) in [6.45, 7) is 6.87. The molecule has 136 valence electrons. The minimum Gasteiger partial charge on any atom is -0.481 e. The van der Waals surface area contributed by atoms with E-state index in [0.717, 1.165) is 0 Å². The topological polar surface area (TPSA) is 63.6 Å². The summed E-state index contributed by atoms with van der Waals surface area (Å²) in [5.41, 5.74) is -1.64. The molecule has 0 radical (unpaired) electrons. The number of carboxylic acids is 1. The van der Waals surface area contributed by atoms with E-state index in [1.807, 2.05) is 6.92 Å². The Morgan fingerprint density at radius 3 is 1.48 bits per heavy atom. The van der Waals surface area contributed by atoms with Gasteiger partial charge < -0.3 is 9.84 Å². The van der Waals surface area contributed by atoms with Crippen LogP contribution in [0.2, 0.25) is 0 Å². The Hall–Kier alpha value is -1.06. The van der Waals surface area contributed by atoms with Crippen LogP contribution in [0.4, 0.5) is 0 Å². The first-order valence-electron chi connectivity index (χ1n) is 5.01. The van der Waals surface area contributed by atoms with E-state index in [-0.39, 0.29) is 57.0 Å². The average Bonchev–Trinajstić information content (AvgIpc) is 2.15. The van der Waals surface area contributed by atoms with E-state index in [1.165, 1.54) is 7.11 Å². The lowest BCUT2D eigenvalue weighted by Crippen LogP contribution is -2.37. The highest BCUT2D eigenvalue weighted by Crippen LogP contribution is 2.37. The predicted octanol–water partition coefficient (Wildman–Crippen LogP) is 5.89. The molecule has 0 aromatic rings. The summed E-state index contributed by atoms with van der Waals surface area (Å²) >= 11 is 0. The minimum absolute atomic E-state index is 0. The van der Waals surface area contributed by atoms with Gasteiger partial charge in [0.05, 0.1) is 17.9 Å². The molecule has 21 heavy (non-hydrogen) atoms. The quantitative estimate of drug-likeness (QED) is 0.642. The third-order valence-electron chi connectivity index (χ3n) is 2.87. The van der Waals surface area contributed by atoms with Crippen molar-refractivity contribution in [3.63, 3.8) is 0 Å². The van der Waals surface area contributed by atoms with Gasteiger partial charge in [-0.05, 0) is 33.6 Å². The summed E-state index contributed by atoms with van der Waals surface area (Å²) in [6, 6.07) is 0. The van der Waals surface area contributed by atoms with Gasteiger partial charge in [-0.15, -0.1) is 0 Å². The lowest BCUT2D eigenvalue weighted by atomic mass is 9.72. The van der Waals surface area contributed by atoms with Crippen molar-refractivity contribution in [2.75, 3.05) is 7.11 Å². The summed E-state index contributed by atoms with van der Waals surface area (Å²) in [7, 11) is 1.31. The van der Waals surface area contributed by atoms with Crippen LogP contribution in [-0.4, -0.2) is 24.2 Å². The number of esters is 1. The first-order valence-corrected chi connectivity index (χ1v) is 5.01. The van der Waals surface area contributed by atoms with Gasteiger partial charge in [0.15, 0.2) is 0 Å². The summed E-state index contributed by atoms with van der Waals surface area (Å²) in [5.74, 6) is -1.24. The Labute approximate surface area is 135 Å². The van der Waals surface area contributed by atoms with Crippen LogP contribution in [0.5, 0.6) is 0 Å². The van der Waals surface area contributed by atoms with E-state index >= 15 is 0 Å². The fraction of sp³-hybridized carbons (Fsp3) is 0.882. The molecule has 4 nitrogen and oxygen atoms in total. The zero-order valence-corrected chi connectivity index (χ0v) is 10.1. The normalized spacial score (nSPS) is 11.1. The number of carbonyl (C=O) groups excluding carboxylic acids is 1. The Balaban J connectivity index is -0.0000000653. The number of carboxylic acid groups (broad SMARTS) is 1. The number of methoxy groups -OCH3 is 1. The number of carbonyl (C=O) groups is 2. The fourth-order valence-electron chi connectivity index (χ4n) is 1.68. The number of hydrogen-bond donors (Lipinski definition) is 1. The maximum atomic E-state index is 11.4. The van der Waals surface area contributed by atoms with Crippen molar-refractivity contribution in [2.24, 2.45) is 10.8 Å². The molecular weight excluding hydrogens is 268 g/mol. The lowest BCUT2D eigenvalue weighted by molar-refractivity contribution is -0.157. The number of ether oxygens (including phenoxy) is 1. The lowest BCUT2D eigenvalue weighted by Gasteiger charge is -2.31. The van der Waals surface area contributed by atoms with Gasteiger partial charge >= 0.3 is 11.9 Å².